The Labute approximate surface area is 124 Å². The van der Waals surface area contributed by atoms with E-state index in [1.807, 2.05) is 12.2 Å². The summed E-state index contributed by atoms with van der Waals surface area (Å²) in [7, 11) is 0. The molecule has 5 heteroatoms. The molecule has 0 radical (unpaired) electrons. The molecule has 0 aromatic heterocycles. The van der Waals surface area contributed by atoms with Crippen LogP contribution in [0.3, 0.4) is 0 Å². The topological polar surface area (TPSA) is 75.6 Å². The van der Waals surface area contributed by atoms with Gasteiger partial charge in [0.05, 0.1) is 6.10 Å². The van der Waals surface area contributed by atoms with Crippen molar-refractivity contribution in [3.8, 4) is 0 Å². The lowest BCUT2D eigenvalue weighted by atomic mass is 9.64. The fourth-order valence-corrected chi connectivity index (χ4v) is 4.08. The third-order valence-electron chi connectivity index (χ3n) is 5.33. The number of allylic oxidation sites excluding steroid dienone is 1. The van der Waals surface area contributed by atoms with Gasteiger partial charge in [-0.05, 0) is 26.2 Å². The second kappa shape index (κ2) is 4.70. The van der Waals surface area contributed by atoms with Gasteiger partial charge < -0.3 is 20.0 Å². The van der Waals surface area contributed by atoms with E-state index in [2.05, 4.69) is 11.9 Å². The Hall–Kier alpha value is -1.62. The average molecular weight is 291 g/mol. The number of carbonyl (C=O) groups excluding carboxylic acids is 2. The highest BCUT2D eigenvalue weighted by Gasteiger charge is 2.77. The number of hydrogen-bond acceptors (Lipinski definition) is 5. The SMILES string of the molecule is C=C1N[C@@]2([C@@H](O)[C@@H]3C=CCCC3)C(=O)O[C@@]2(C)[C@H]1CC=O. The predicted molar refractivity (Wildman–Crippen MR) is 76.2 cm³/mol. The molecule has 5 atom stereocenters. The fourth-order valence-electron chi connectivity index (χ4n) is 4.08. The maximum absolute atomic E-state index is 12.2. The number of hydrogen-bond donors (Lipinski definition) is 2. The lowest BCUT2D eigenvalue weighted by Gasteiger charge is -2.54. The van der Waals surface area contributed by atoms with Crippen LogP contribution in [0.1, 0.15) is 32.6 Å². The average Bonchev–Trinajstić information content (AvgIpc) is 2.65. The van der Waals surface area contributed by atoms with Gasteiger partial charge in [-0.2, -0.15) is 0 Å². The minimum Gasteiger partial charge on any atom is -0.453 e. The molecule has 5 nitrogen and oxygen atoms in total. The van der Waals surface area contributed by atoms with Gasteiger partial charge in [-0.1, -0.05) is 18.7 Å². The minimum absolute atomic E-state index is 0.0822. The van der Waals surface area contributed by atoms with Gasteiger partial charge in [0.1, 0.15) is 6.29 Å². The number of rotatable bonds is 4. The number of nitrogens with one attached hydrogen (secondary N) is 1. The lowest BCUT2D eigenvalue weighted by Crippen LogP contribution is -2.80. The molecule has 21 heavy (non-hydrogen) atoms. The van der Waals surface area contributed by atoms with Crippen molar-refractivity contribution in [1.29, 1.82) is 0 Å². The highest BCUT2D eigenvalue weighted by atomic mass is 16.6. The Balaban J connectivity index is 1.96. The molecule has 0 bridgehead atoms. The molecule has 0 unspecified atom stereocenters. The quantitative estimate of drug-likeness (QED) is 0.460. The molecule has 2 fully saturated rings. The summed E-state index contributed by atoms with van der Waals surface area (Å²) in [6, 6.07) is 0. The summed E-state index contributed by atoms with van der Waals surface area (Å²) in [4.78, 5) is 23.1. The molecule has 114 valence electrons. The van der Waals surface area contributed by atoms with Crippen molar-refractivity contribution in [2.75, 3.05) is 0 Å². The Kier molecular flexibility index (Phi) is 3.20. The van der Waals surface area contributed by atoms with E-state index in [0.29, 0.717) is 5.70 Å². The van der Waals surface area contributed by atoms with Gasteiger partial charge in [0, 0.05) is 24.0 Å². The molecule has 0 aromatic rings. The number of fused-ring (bicyclic) bond motifs is 1. The van der Waals surface area contributed by atoms with Crippen LogP contribution in [0.25, 0.3) is 0 Å². The smallest absolute Gasteiger partial charge is 0.339 e. The highest BCUT2D eigenvalue weighted by molar-refractivity contribution is 5.92. The molecule has 0 amide bonds. The van der Waals surface area contributed by atoms with Gasteiger partial charge in [0.25, 0.3) is 0 Å². The van der Waals surface area contributed by atoms with E-state index in [-0.39, 0.29) is 18.3 Å². The Morgan fingerprint density at radius 2 is 2.43 bits per heavy atom. The first-order valence-corrected chi connectivity index (χ1v) is 7.46. The summed E-state index contributed by atoms with van der Waals surface area (Å²) in [5.74, 6) is -0.831. The van der Waals surface area contributed by atoms with E-state index in [1.54, 1.807) is 6.92 Å². The summed E-state index contributed by atoms with van der Waals surface area (Å²) in [5, 5.41) is 13.9. The van der Waals surface area contributed by atoms with Crippen LogP contribution in [0.4, 0.5) is 0 Å². The molecule has 0 spiro atoms. The highest BCUT2D eigenvalue weighted by Crippen LogP contribution is 2.55. The molecule has 0 aromatic carbocycles. The van der Waals surface area contributed by atoms with E-state index in [9.17, 15) is 14.7 Å². The van der Waals surface area contributed by atoms with Crippen LogP contribution >= 0.6 is 0 Å². The minimum atomic E-state index is -1.18. The van der Waals surface area contributed by atoms with Gasteiger partial charge in [-0.25, -0.2) is 4.79 Å². The van der Waals surface area contributed by atoms with Crippen LogP contribution in [0.5, 0.6) is 0 Å². The number of aliphatic hydroxyl groups is 1. The Morgan fingerprint density at radius 3 is 3.00 bits per heavy atom. The molecule has 2 N–H and O–H groups in total. The molecule has 1 aliphatic carbocycles. The maximum atomic E-state index is 12.2. The van der Waals surface area contributed by atoms with Gasteiger partial charge >= 0.3 is 5.97 Å². The van der Waals surface area contributed by atoms with Crippen molar-refractivity contribution < 1.29 is 19.4 Å². The van der Waals surface area contributed by atoms with Crippen molar-refractivity contribution in [3.05, 3.63) is 24.4 Å². The Bertz CT molecular complexity index is 528. The summed E-state index contributed by atoms with van der Waals surface area (Å²) >= 11 is 0. The lowest BCUT2D eigenvalue weighted by molar-refractivity contribution is -0.238. The van der Waals surface area contributed by atoms with Crippen molar-refractivity contribution in [2.24, 2.45) is 11.8 Å². The second-order valence-electron chi connectivity index (χ2n) is 6.38. The maximum Gasteiger partial charge on any atom is 0.339 e. The molecule has 3 rings (SSSR count). The zero-order chi connectivity index (χ0) is 15.3. The standard InChI is InChI=1S/C16H21NO4/c1-10-12(8-9-18)15(2)16(17-10,14(20)21-15)13(19)11-6-4-3-5-7-11/h4,6,9,11-13,17,19H,1,3,5,7-8H2,2H3/t11-,12+,13+,15+,16+/m1/s1. The van der Waals surface area contributed by atoms with Gasteiger partial charge in [0.2, 0.25) is 5.54 Å². The third-order valence-corrected chi connectivity index (χ3v) is 5.33. The summed E-state index contributed by atoms with van der Waals surface area (Å²) < 4.78 is 5.40. The zero-order valence-electron chi connectivity index (χ0n) is 12.2. The normalized spacial score (nSPS) is 42.6. The number of esters is 1. The van der Waals surface area contributed by atoms with Crippen LogP contribution in [0.15, 0.2) is 24.4 Å². The molecule has 2 aliphatic heterocycles. The largest absolute Gasteiger partial charge is 0.453 e. The first-order valence-electron chi connectivity index (χ1n) is 7.46. The number of aliphatic hydroxyl groups excluding tert-OH is 1. The van der Waals surface area contributed by atoms with Crippen molar-refractivity contribution >= 4 is 12.3 Å². The zero-order valence-corrected chi connectivity index (χ0v) is 12.2. The van der Waals surface area contributed by atoms with Crippen molar-refractivity contribution in [2.45, 2.75) is 49.9 Å². The first kappa shape index (κ1) is 14.3. The molecule has 3 aliphatic rings. The molecular formula is C16H21NO4. The third kappa shape index (κ3) is 1.67. The molecule has 2 heterocycles. The van der Waals surface area contributed by atoms with Crippen LogP contribution in [0, 0.1) is 11.8 Å². The van der Waals surface area contributed by atoms with Crippen molar-refractivity contribution in [1.82, 2.24) is 5.32 Å². The second-order valence-corrected chi connectivity index (χ2v) is 6.38. The molecule has 2 saturated heterocycles. The molecule has 0 saturated carbocycles. The van der Waals surface area contributed by atoms with Gasteiger partial charge in [0.15, 0.2) is 5.60 Å². The van der Waals surface area contributed by atoms with Crippen LogP contribution in [0.2, 0.25) is 0 Å². The number of carbonyl (C=O) groups is 2. The van der Waals surface area contributed by atoms with Crippen LogP contribution in [-0.2, 0) is 14.3 Å². The number of aldehydes is 1. The van der Waals surface area contributed by atoms with E-state index in [0.717, 1.165) is 25.5 Å². The monoisotopic (exact) mass is 291 g/mol. The van der Waals surface area contributed by atoms with E-state index < -0.39 is 23.2 Å². The van der Waals surface area contributed by atoms with Crippen LogP contribution < -0.4 is 5.32 Å². The fraction of sp³-hybridized carbons (Fsp3) is 0.625. The van der Waals surface area contributed by atoms with Gasteiger partial charge in [-0.3, -0.25) is 0 Å². The first-order chi connectivity index (χ1) is 9.97. The predicted octanol–water partition coefficient (Wildman–Crippen LogP) is 1.08. The Morgan fingerprint density at radius 1 is 1.67 bits per heavy atom. The summed E-state index contributed by atoms with van der Waals surface area (Å²) in [5.41, 5.74) is -1.49. The van der Waals surface area contributed by atoms with E-state index >= 15 is 0 Å². The summed E-state index contributed by atoms with van der Waals surface area (Å²) in [6.07, 6.45) is 7.02. The summed E-state index contributed by atoms with van der Waals surface area (Å²) in [6.45, 7) is 5.70. The van der Waals surface area contributed by atoms with E-state index in [1.165, 1.54) is 0 Å². The number of ether oxygens (including phenoxy) is 1. The van der Waals surface area contributed by atoms with Gasteiger partial charge in [-0.15, -0.1) is 0 Å². The molecular weight excluding hydrogens is 270 g/mol. The van der Waals surface area contributed by atoms with Crippen molar-refractivity contribution in [3.63, 3.8) is 0 Å². The van der Waals surface area contributed by atoms with Crippen LogP contribution in [-0.4, -0.2) is 34.6 Å². The van der Waals surface area contributed by atoms with E-state index in [4.69, 9.17) is 4.74 Å².